The number of carbonyl (C=O) groups is 2. The maximum atomic E-state index is 12.4. The van der Waals surface area contributed by atoms with Gasteiger partial charge in [-0.2, -0.15) is 0 Å². The standard InChI is InChI=1S/C18H23NO3/c1-13-4-6-14(7-5-13)16(20)10-15-11-18(2,3)12-19(15)9-8-17(21)22/h4-7,10H,8-9,11-12H2,1-3H3,(H,21,22)/b15-10-. The summed E-state index contributed by atoms with van der Waals surface area (Å²) in [7, 11) is 0. The first-order valence-electron chi connectivity index (χ1n) is 7.55. The minimum atomic E-state index is -0.811. The van der Waals surface area contributed by atoms with Crippen molar-refractivity contribution in [2.45, 2.75) is 33.6 Å². The fourth-order valence-electron chi connectivity index (χ4n) is 2.82. The number of carbonyl (C=O) groups excluding carboxylic acids is 1. The minimum absolute atomic E-state index is 0.0203. The molecule has 4 nitrogen and oxygen atoms in total. The highest BCUT2D eigenvalue weighted by atomic mass is 16.4. The summed E-state index contributed by atoms with van der Waals surface area (Å²) < 4.78 is 0. The van der Waals surface area contributed by atoms with Crippen molar-refractivity contribution in [2.24, 2.45) is 5.41 Å². The zero-order valence-corrected chi connectivity index (χ0v) is 13.4. The maximum Gasteiger partial charge on any atom is 0.305 e. The van der Waals surface area contributed by atoms with Gasteiger partial charge in [0.05, 0.1) is 6.42 Å². The van der Waals surface area contributed by atoms with Crippen molar-refractivity contribution in [1.29, 1.82) is 0 Å². The van der Waals surface area contributed by atoms with E-state index in [-0.39, 0.29) is 17.6 Å². The lowest BCUT2D eigenvalue weighted by Gasteiger charge is -2.21. The molecule has 1 fully saturated rings. The first-order chi connectivity index (χ1) is 10.3. The molecule has 1 saturated heterocycles. The van der Waals surface area contributed by atoms with Crippen molar-refractivity contribution < 1.29 is 14.7 Å². The van der Waals surface area contributed by atoms with E-state index >= 15 is 0 Å². The van der Waals surface area contributed by atoms with Gasteiger partial charge < -0.3 is 10.0 Å². The van der Waals surface area contributed by atoms with Crippen molar-refractivity contribution in [3.63, 3.8) is 0 Å². The molecule has 1 aromatic rings. The van der Waals surface area contributed by atoms with Crippen LogP contribution in [0.3, 0.4) is 0 Å². The summed E-state index contributed by atoms with van der Waals surface area (Å²) in [6.45, 7) is 7.49. The molecule has 0 atom stereocenters. The number of nitrogens with zero attached hydrogens (tertiary/aromatic N) is 1. The molecule has 0 saturated carbocycles. The summed E-state index contributed by atoms with van der Waals surface area (Å²) in [4.78, 5) is 25.2. The van der Waals surface area contributed by atoms with Crippen molar-refractivity contribution in [2.75, 3.05) is 13.1 Å². The van der Waals surface area contributed by atoms with E-state index in [4.69, 9.17) is 5.11 Å². The van der Waals surface area contributed by atoms with Crippen molar-refractivity contribution >= 4 is 11.8 Å². The van der Waals surface area contributed by atoms with Gasteiger partial charge in [-0.15, -0.1) is 0 Å². The zero-order valence-electron chi connectivity index (χ0n) is 13.4. The van der Waals surface area contributed by atoms with Gasteiger partial charge in [0.15, 0.2) is 5.78 Å². The van der Waals surface area contributed by atoms with Crippen LogP contribution in [-0.2, 0) is 4.79 Å². The normalized spacial score (nSPS) is 18.7. The van der Waals surface area contributed by atoms with Crippen LogP contribution in [0.25, 0.3) is 0 Å². The van der Waals surface area contributed by atoms with Crippen LogP contribution in [0.4, 0.5) is 0 Å². The summed E-state index contributed by atoms with van der Waals surface area (Å²) in [5.74, 6) is -0.832. The van der Waals surface area contributed by atoms with E-state index in [1.165, 1.54) is 0 Å². The Balaban J connectivity index is 2.17. The minimum Gasteiger partial charge on any atom is -0.481 e. The summed E-state index contributed by atoms with van der Waals surface area (Å²) in [5.41, 5.74) is 2.80. The van der Waals surface area contributed by atoms with Crippen LogP contribution in [0.5, 0.6) is 0 Å². The third-order valence-electron chi connectivity index (χ3n) is 3.91. The van der Waals surface area contributed by atoms with Crippen LogP contribution in [0.1, 0.15) is 42.6 Å². The van der Waals surface area contributed by atoms with Crippen molar-refractivity contribution in [3.8, 4) is 0 Å². The highest BCUT2D eigenvalue weighted by Crippen LogP contribution is 2.36. The molecule has 118 valence electrons. The van der Waals surface area contributed by atoms with Crippen LogP contribution < -0.4 is 0 Å². The van der Waals surface area contributed by atoms with Gasteiger partial charge >= 0.3 is 5.97 Å². The number of carboxylic acid groups (broad SMARTS) is 1. The first kappa shape index (κ1) is 16.3. The topological polar surface area (TPSA) is 57.6 Å². The molecular formula is C18H23NO3. The van der Waals surface area contributed by atoms with Crippen LogP contribution >= 0.6 is 0 Å². The van der Waals surface area contributed by atoms with Gasteiger partial charge in [0.2, 0.25) is 0 Å². The third kappa shape index (κ3) is 4.20. The quantitative estimate of drug-likeness (QED) is 0.670. The number of ketones is 1. The van der Waals surface area contributed by atoms with Crippen molar-refractivity contribution in [3.05, 3.63) is 47.2 Å². The summed E-state index contributed by atoms with van der Waals surface area (Å²) in [6, 6.07) is 7.51. The van der Waals surface area contributed by atoms with E-state index in [1.807, 2.05) is 36.1 Å². The number of hydrogen-bond acceptors (Lipinski definition) is 3. The van der Waals surface area contributed by atoms with E-state index in [1.54, 1.807) is 6.08 Å². The Labute approximate surface area is 131 Å². The van der Waals surface area contributed by atoms with Gasteiger partial charge in [-0.1, -0.05) is 43.7 Å². The lowest BCUT2D eigenvalue weighted by molar-refractivity contribution is -0.137. The number of rotatable bonds is 5. The highest BCUT2D eigenvalue weighted by Gasteiger charge is 2.33. The Kier molecular flexibility index (Phi) is 4.69. The molecule has 2 rings (SSSR count). The lowest BCUT2D eigenvalue weighted by Crippen LogP contribution is -2.25. The molecule has 1 aromatic carbocycles. The first-order valence-corrected chi connectivity index (χ1v) is 7.55. The molecule has 4 heteroatoms. The summed E-state index contributed by atoms with van der Waals surface area (Å²) in [5, 5.41) is 8.86. The average molecular weight is 301 g/mol. The molecule has 0 aromatic heterocycles. The second-order valence-electron chi connectivity index (χ2n) is 6.77. The van der Waals surface area contributed by atoms with E-state index in [0.717, 1.165) is 24.2 Å². The van der Waals surface area contributed by atoms with Crippen LogP contribution in [0.15, 0.2) is 36.0 Å². The molecule has 1 aliphatic heterocycles. The second kappa shape index (κ2) is 6.34. The van der Waals surface area contributed by atoms with Crippen LogP contribution in [0, 0.1) is 12.3 Å². The number of likely N-dealkylation sites (tertiary alicyclic amines) is 1. The zero-order chi connectivity index (χ0) is 16.3. The molecule has 1 N–H and O–H groups in total. The smallest absolute Gasteiger partial charge is 0.305 e. The number of carboxylic acids is 1. The fourth-order valence-corrected chi connectivity index (χ4v) is 2.82. The molecule has 22 heavy (non-hydrogen) atoms. The van der Waals surface area contributed by atoms with E-state index in [0.29, 0.717) is 12.1 Å². The Bertz CT molecular complexity index is 599. The summed E-state index contributed by atoms with van der Waals surface area (Å²) in [6.07, 6.45) is 2.55. The average Bonchev–Trinajstić information content (AvgIpc) is 2.71. The van der Waals surface area contributed by atoms with Gasteiger partial charge in [0, 0.05) is 30.4 Å². The number of hydrogen-bond donors (Lipinski definition) is 1. The number of allylic oxidation sites excluding steroid dienone is 2. The summed E-state index contributed by atoms with van der Waals surface area (Å²) >= 11 is 0. The molecule has 0 radical (unpaired) electrons. The molecular weight excluding hydrogens is 278 g/mol. The van der Waals surface area contributed by atoms with E-state index in [2.05, 4.69) is 13.8 Å². The van der Waals surface area contributed by atoms with Crippen molar-refractivity contribution in [1.82, 2.24) is 4.90 Å². The molecule has 0 unspecified atom stereocenters. The second-order valence-corrected chi connectivity index (χ2v) is 6.77. The fraction of sp³-hybridized carbons (Fsp3) is 0.444. The third-order valence-corrected chi connectivity index (χ3v) is 3.91. The Morgan fingerprint density at radius 3 is 2.50 bits per heavy atom. The molecule has 0 aliphatic carbocycles. The number of aryl methyl sites for hydroxylation is 1. The molecule has 1 heterocycles. The van der Waals surface area contributed by atoms with E-state index in [9.17, 15) is 9.59 Å². The predicted octanol–water partition coefficient (Wildman–Crippen LogP) is 3.27. The van der Waals surface area contributed by atoms with Gasteiger partial charge in [-0.25, -0.2) is 0 Å². The SMILES string of the molecule is Cc1ccc(C(=O)/C=C2/CC(C)(C)CN2CCC(=O)O)cc1. The predicted molar refractivity (Wildman–Crippen MR) is 85.8 cm³/mol. The largest absolute Gasteiger partial charge is 0.481 e. The van der Waals surface area contributed by atoms with Gasteiger partial charge in [-0.05, 0) is 18.8 Å². The van der Waals surface area contributed by atoms with Gasteiger partial charge in [0.1, 0.15) is 0 Å². The Morgan fingerprint density at radius 2 is 1.91 bits per heavy atom. The number of aliphatic carboxylic acids is 1. The van der Waals surface area contributed by atoms with Gasteiger partial charge in [0.25, 0.3) is 0 Å². The maximum absolute atomic E-state index is 12.4. The number of benzene rings is 1. The Hall–Kier alpha value is -2.10. The Morgan fingerprint density at radius 1 is 1.27 bits per heavy atom. The molecule has 0 bridgehead atoms. The van der Waals surface area contributed by atoms with Crippen LogP contribution in [-0.4, -0.2) is 34.8 Å². The van der Waals surface area contributed by atoms with Gasteiger partial charge in [-0.3, -0.25) is 9.59 Å². The lowest BCUT2D eigenvalue weighted by atomic mass is 9.92. The molecule has 0 spiro atoms. The van der Waals surface area contributed by atoms with E-state index < -0.39 is 5.97 Å². The molecule has 0 amide bonds. The highest BCUT2D eigenvalue weighted by molar-refractivity contribution is 6.04. The van der Waals surface area contributed by atoms with Crippen LogP contribution in [0.2, 0.25) is 0 Å². The molecule has 1 aliphatic rings. The monoisotopic (exact) mass is 301 g/mol.